The van der Waals surface area contributed by atoms with Crippen LogP contribution in [0.1, 0.15) is 67.2 Å². The van der Waals surface area contributed by atoms with E-state index in [1.165, 1.54) is 5.56 Å². The zero-order valence-electron chi connectivity index (χ0n) is 24.1. The highest BCUT2D eigenvalue weighted by atomic mass is 16.5. The smallest absolute Gasteiger partial charge is 0.239 e. The number of aromatic nitrogens is 3. The molecule has 1 amide bonds. The van der Waals surface area contributed by atoms with Gasteiger partial charge in [-0.05, 0) is 42.1 Å². The summed E-state index contributed by atoms with van der Waals surface area (Å²) >= 11 is 0. The number of likely N-dealkylation sites (tertiary alicyclic amines) is 2. The van der Waals surface area contributed by atoms with Gasteiger partial charge in [-0.3, -0.25) is 9.78 Å². The van der Waals surface area contributed by atoms with Crippen LogP contribution in [0, 0.1) is 5.41 Å². The van der Waals surface area contributed by atoms with Crippen LogP contribution in [0.3, 0.4) is 0 Å². The van der Waals surface area contributed by atoms with Gasteiger partial charge in [0.05, 0.1) is 0 Å². The molecule has 0 aliphatic carbocycles. The van der Waals surface area contributed by atoms with E-state index in [9.17, 15) is 9.90 Å². The fourth-order valence-electron chi connectivity index (χ4n) is 6.53. The van der Waals surface area contributed by atoms with Crippen molar-refractivity contribution in [2.24, 2.45) is 5.41 Å². The second kappa shape index (κ2) is 10.5. The first kappa shape index (κ1) is 27.3. The summed E-state index contributed by atoms with van der Waals surface area (Å²) in [5.74, 6) is 0.612. The van der Waals surface area contributed by atoms with Crippen molar-refractivity contribution in [2.75, 3.05) is 26.7 Å². The molecular weight excluding hydrogens is 514 g/mol. The number of nitrogens with zero attached hydrogens (tertiary/aromatic N) is 5. The summed E-state index contributed by atoms with van der Waals surface area (Å²) in [4.78, 5) is 26.4. The molecule has 1 N–H and O–H groups in total. The predicted molar refractivity (Wildman–Crippen MR) is 156 cm³/mol. The van der Waals surface area contributed by atoms with Crippen LogP contribution >= 0.6 is 0 Å². The fraction of sp³-hybridized carbons (Fsp3) is 0.394. The van der Waals surface area contributed by atoms with Gasteiger partial charge in [0.2, 0.25) is 17.6 Å². The minimum Gasteiger partial charge on any atom is -0.380 e. The molecule has 6 rings (SSSR count). The summed E-state index contributed by atoms with van der Waals surface area (Å²) < 4.78 is 5.63. The molecular formula is C33H37N5O3. The Morgan fingerprint density at radius 2 is 1.80 bits per heavy atom. The maximum absolute atomic E-state index is 13.2. The third kappa shape index (κ3) is 4.85. The highest BCUT2D eigenvalue weighted by Crippen LogP contribution is 2.50. The average molecular weight is 552 g/mol. The van der Waals surface area contributed by atoms with Gasteiger partial charge >= 0.3 is 0 Å². The SMILES string of the molecule is CC(C)c1ccc(C(O)(c2cncc(-c3noc(C4CCN(Cc5ccccc5)C4=O)n3)c2)C2(C)CN(C)C2)cc1. The largest absolute Gasteiger partial charge is 0.380 e. The van der Waals surface area contributed by atoms with Gasteiger partial charge in [-0.15, -0.1) is 0 Å². The highest BCUT2D eigenvalue weighted by Gasteiger charge is 2.55. The van der Waals surface area contributed by atoms with Crippen LogP contribution < -0.4 is 0 Å². The summed E-state index contributed by atoms with van der Waals surface area (Å²) in [6.45, 7) is 9.14. The van der Waals surface area contributed by atoms with E-state index < -0.39 is 16.9 Å². The molecule has 2 aliphatic rings. The van der Waals surface area contributed by atoms with Crippen molar-refractivity contribution in [3.05, 3.63) is 101 Å². The number of amides is 1. The lowest BCUT2D eigenvalue weighted by Crippen LogP contribution is -2.63. The van der Waals surface area contributed by atoms with Gasteiger partial charge in [0.25, 0.3) is 0 Å². The van der Waals surface area contributed by atoms with Gasteiger partial charge in [0.1, 0.15) is 11.5 Å². The normalized spacial score (nSPS) is 20.3. The third-order valence-electron chi connectivity index (χ3n) is 8.77. The van der Waals surface area contributed by atoms with E-state index in [0.29, 0.717) is 48.3 Å². The van der Waals surface area contributed by atoms with Crippen LogP contribution in [0.2, 0.25) is 0 Å². The maximum atomic E-state index is 13.2. The highest BCUT2D eigenvalue weighted by molar-refractivity contribution is 5.84. The van der Waals surface area contributed by atoms with Crippen molar-refractivity contribution in [3.8, 4) is 11.4 Å². The van der Waals surface area contributed by atoms with Crippen LogP contribution in [0.25, 0.3) is 11.4 Å². The molecule has 4 heterocycles. The van der Waals surface area contributed by atoms with E-state index >= 15 is 0 Å². The van der Waals surface area contributed by atoms with Crippen molar-refractivity contribution in [3.63, 3.8) is 0 Å². The van der Waals surface area contributed by atoms with Gasteiger partial charge in [0, 0.05) is 55.1 Å². The summed E-state index contributed by atoms with van der Waals surface area (Å²) in [6.07, 6.45) is 4.03. The number of hydrogen-bond acceptors (Lipinski definition) is 7. The number of pyridine rings is 1. The Kier molecular flexibility index (Phi) is 6.99. The lowest BCUT2D eigenvalue weighted by atomic mass is 9.62. The zero-order valence-corrected chi connectivity index (χ0v) is 24.1. The third-order valence-corrected chi connectivity index (χ3v) is 8.77. The minimum atomic E-state index is -1.27. The summed E-state index contributed by atoms with van der Waals surface area (Å²) in [7, 11) is 2.06. The number of carbonyl (C=O) groups excluding carboxylic acids is 1. The standard InChI is InChI=1S/C33H37N5O3/c1-22(2)24-10-12-26(13-11-24)33(40,32(3)20-37(4)21-32)27-16-25(17-34-18-27)29-35-30(41-36-29)28-14-15-38(31(28)39)19-23-8-6-5-7-9-23/h5-13,16-18,22,28,40H,14-15,19-21H2,1-4H3. The zero-order chi connectivity index (χ0) is 28.8. The molecule has 0 radical (unpaired) electrons. The van der Waals surface area contributed by atoms with Crippen LogP contribution in [0.15, 0.2) is 77.6 Å². The van der Waals surface area contributed by atoms with Gasteiger partial charge < -0.3 is 19.4 Å². The number of benzene rings is 2. The van der Waals surface area contributed by atoms with E-state index in [0.717, 1.165) is 24.2 Å². The second-order valence-corrected chi connectivity index (χ2v) is 12.2. The second-order valence-electron chi connectivity index (χ2n) is 12.2. The average Bonchev–Trinajstić information content (AvgIpc) is 3.59. The van der Waals surface area contributed by atoms with E-state index in [4.69, 9.17) is 4.52 Å². The number of aliphatic hydroxyl groups is 1. The first-order valence-electron chi connectivity index (χ1n) is 14.3. The Morgan fingerprint density at radius 1 is 1.07 bits per heavy atom. The molecule has 2 saturated heterocycles. The molecule has 8 nitrogen and oxygen atoms in total. The number of carbonyl (C=O) groups is 1. The molecule has 0 spiro atoms. The lowest BCUT2D eigenvalue weighted by Gasteiger charge is -2.55. The lowest BCUT2D eigenvalue weighted by molar-refractivity contribution is -0.129. The summed E-state index contributed by atoms with van der Waals surface area (Å²) in [5.41, 5.74) is 2.78. The van der Waals surface area contributed by atoms with Gasteiger partial charge in [0.15, 0.2) is 0 Å². The van der Waals surface area contributed by atoms with Crippen molar-refractivity contribution >= 4 is 5.91 Å². The molecule has 2 aromatic heterocycles. The van der Waals surface area contributed by atoms with E-state index in [-0.39, 0.29) is 5.91 Å². The van der Waals surface area contributed by atoms with Crippen molar-refractivity contribution in [1.29, 1.82) is 0 Å². The van der Waals surface area contributed by atoms with E-state index in [1.54, 1.807) is 12.4 Å². The predicted octanol–water partition coefficient (Wildman–Crippen LogP) is 4.96. The topological polar surface area (TPSA) is 95.6 Å². The molecule has 41 heavy (non-hydrogen) atoms. The van der Waals surface area contributed by atoms with E-state index in [2.05, 4.69) is 60.0 Å². The minimum absolute atomic E-state index is 0.00261. The molecule has 2 atom stereocenters. The summed E-state index contributed by atoms with van der Waals surface area (Å²) in [6, 6.07) is 20.1. The van der Waals surface area contributed by atoms with Crippen molar-refractivity contribution in [2.45, 2.75) is 51.2 Å². The van der Waals surface area contributed by atoms with Crippen LogP contribution in [-0.2, 0) is 16.9 Å². The molecule has 212 valence electrons. The van der Waals surface area contributed by atoms with Gasteiger partial charge in [-0.25, -0.2) is 0 Å². The molecule has 2 fully saturated rings. The molecule has 0 saturated carbocycles. The quantitative estimate of drug-likeness (QED) is 0.331. The Bertz CT molecular complexity index is 1530. The Labute approximate surface area is 241 Å². The van der Waals surface area contributed by atoms with Gasteiger partial charge in [-0.2, -0.15) is 4.98 Å². The van der Waals surface area contributed by atoms with Crippen LogP contribution in [0.4, 0.5) is 0 Å². The number of hydrogen-bond donors (Lipinski definition) is 1. The molecule has 2 unspecified atom stereocenters. The van der Waals surface area contributed by atoms with Crippen LogP contribution in [0.5, 0.6) is 0 Å². The first-order valence-corrected chi connectivity index (χ1v) is 14.3. The first-order chi connectivity index (χ1) is 19.7. The Morgan fingerprint density at radius 3 is 2.49 bits per heavy atom. The monoisotopic (exact) mass is 551 g/mol. The van der Waals surface area contributed by atoms with Crippen molar-refractivity contribution < 1.29 is 14.4 Å². The Hall–Kier alpha value is -3.88. The molecule has 0 bridgehead atoms. The molecule has 8 heteroatoms. The summed E-state index contributed by atoms with van der Waals surface area (Å²) in [5, 5.41) is 16.8. The fourth-order valence-corrected chi connectivity index (χ4v) is 6.53. The van der Waals surface area contributed by atoms with Crippen LogP contribution in [-0.4, -0.2) is 62.6 Å². The van der Waals surface area contributed by atoms with Gasteiger partial charge in [-0.1, -0.05) is 80.5 Å². The number of rotatable bonds is 8. The Balaban J connectivity index is 1.28. The van der Waals surface area contributed by atoms with Crippen molar-refractivity contribution in [1.82, 2.24) is 24.9 Å². The molecule has 4 aromatic rings. The van der Waals surface area contributed by atoms with E-state index in [1.807, 2.05) is 53.4 Å². The maximum Gasteiger partial charge on any atom is 0.239 e. The molecule has 2 aromatic carbocycles. The molecule has 2 aliphatic heterocycles.